The molecule has 1 aromatic rings. The second-order valence-electron chi connectivity index (χ2n) is 3.80. The van der Waals surface area contributed by atoms with Gasteiger partial charge >= 0.3 is 5.97 Å². The fraction of sp³-hybridized carbons (Fsp3) is 0.364. The summed E-state index contributed by atoms with van der Waals surface area (Å²) >= 11 is 3.45. The van der Waals surface area contributed by atoms with Gasteiger partial charge in [-0.15, -0.1) is 0 Å². The molecule has 1 aliphatic carbocycles. The third-order valence-electron chi connectivity index (χ3n) is 2.73. The zero-order valence-corrected chi connectivity index (χ0v) is 9.41. The highest BCUT2D eigenvalue weighted by molar-refractivity contribution is 9.10. The number of carboxylic acids is 1. The van der Waals surface area contributed by atoms with E-state index in [1.54, 1.807) is 0 Å². The summed E-state index contributed by atoms with van der Waals surface area (Å²) in [5.74, 6) is -0.610. The van der Waals surface area contributed by atoms with Crippen molar-refractivity contribution in [2.45, 2.75) is 19.3 Å². The quantitative estimate of drug-likeness (QED) is 0.882. The highest BCUT2D eigenvalue weighted by Gasteiger charge is 2.44. The van der Waals surface area contributed by atoms with Crippen LogP contribution in [0.4, 0.5) is 0 Å². The molecule has 3 heteroatoms. The van der Waals surface area contributed by atoms with Gasteiger partial charge in [-0.2, -0.15) is 0 Å². The number of aryl methyl sites for hydroxylation is 1. The number of carboxylic acid groups (broad SMARTS) is 1. The standard InChI is InChI=1S/C11H11BrO2/c1-6-2-3-7(4-10(6)12)8-5-9(8)11(13)14/h2-4,8-9H,5H2,1H3,(H,13,14). The Morgan fingerprint density at radius 1 is 1.57 bits per heavy atom. The summed E-state index contributed by atoms with van der Waals surface area (Å²) in [6, 6.07) is 6.08. The van der Waals surface area contributed by atoms with Crippen molar-refractivity contribution >= 4 is 21.9 Å². The molecule has 1 fully saturated rings. The van der Waals surface area contributed by atoms with Gasteiger partial charge in [-0.25, -0.2) is 0 Å². The maximum Gasteiger partial charge on any atom is 0.307 e. The number of hydrogen-bond acceptors (Lipinski definition) is 1. The summed E-state index contributed by atoms with van der Waals surface area (Å²) in [4.78, 5) is 10.7. The van der Waals surface area contributed by atoms with Crippen molar-refractivity contribution in [1.29, 1.82) is 0 Å². The molecule has 0 heterocycles. The Balaban J connectivity index is 2.20. The van der Waals surface area contributed by atoms with Crippen LogP contribution in [0.15, 0.2) is 22.7 Å². The van der Waals surface area contributed by atoms with Crippen molar-refractivity contribution in [1.82, 2.24) is 0 Å². The number of rotatable bonds is 2. The van der Waals surface area contributed by atoms with Crippen molar-refractivity contribution in [2.75, 3.05) is 0 Å². The highest BCUT2D eigenvalue weighted by Crippen LogP contribution is 2.48. The molecule has 0 amide bonds. The maximum absolute atomic E-state index is 10.7. The average Bonchev–Trinajstić information content (AvgIpc) is 2.89. The first-order valence-corrected chi connectivity index (χ1v) is 5.37. The lowest BCUT2D eigenvalue weighted by Gasteiger charge is -2.02. The molecule has 2 atom stereocenters. The molecule has 1 aromatic carbocycles. The van der Waals surface area contributed by atoms with Gasteiger partial charge in [0.15, 0.2) is 0 Å². The van der Waals surface area contributed by atoms with Crippen LogP contribution in [0.25, 0.3) is 0 Å². The average molecular weight is 255 g/mol. The molecule has 74 valence electrons. The molecule has 2 nitrogen and oxygen atoms in total. The third-order valence-corrected chi connectivity index (χ3v) is 3.59. The van der Waals surface area contributed by atoms with Gasteiger partial charge in [0.25, 0.3) is 0 Å². The number of halogens is 1. The number of aliphatic carboxylic acids is 1. The van der Waals surface area contributed by atoms with Crippen LogP contribution < -0.4 is 0 Å². The van der Waals surface area contributed by atoms with Gasteiger partial charge in [-0.3, -0.25) is 4.79 Å². The molecule has 2 unspecified atom stereocenters. The molecular formula is C11H11BrO2. The van der Waals surface area contributed by atoms with E-state index in [1.165, 1.54) is 5.56 Å². The minimum Gasteiger partial charge on any atom is -0.481 e. The monoisotopic (exact) mass is 254 g/mol. The molecule has 0 bridgehead atoms. The van der Waals surface area contributed by atoms with E-state index in [1.807, 2.05) is 25.1 Å². The van der Waals surface area contributed by atoms with Crippen molar-refractivity contribution in [3.63, 3.8) is 0 Å². The van der Waals surface area contributed by atoms with Crippen molar-refractivity contribution in [3.8, 4) is 0 Å². The lowest BCUT2D eigenvalue weighted by Crippen LogP contribution is -1.98. The SMILES string of the molecule is Cc1ccc(C2CC2C(=O)O)cc1Br. The van der Waals surface area contributed by atoms with Crippen LogP contribution >= 0.6 is 15.9 Å². The lowest BCUT2D eigenvalue weighted by molar-refractivity contribution is -0.138. The summed E-state index contributed by atoms with van der Waals surface area (Å²) in [6.07, 6.45) is 0.783. The van der Waals surface area contributed by atoms with Crippen molar-refractivity contribution in [2.24, 2.45) is 5.92 Å². The minimum atomic E-state index is -0.674. The van der Waals surface area contributed by atoms with Gasteiger partial charge in [0, 0.05) is 4.47 Å². The highest BCUT2D eigenvalue weighted by atomic mass is 79.9. The van der Waals surface area contributed by atoms with Crippen LogP contribution in [-0.4, -0.2) is 11.1 Å². The topological polar surface area (TPSA) is 37.3 Å². The van der Waals surface area contributed by atoms with E-state index < -0.39 is 5.97 Å². The smallest absolute Gasteiger partial charge is 0.307 e. The van der Waals surface area contributed by atoms with Crippen LogP contribution in [0.1, 0.15) is 23.5 Å². The predicted octanol–water partition coefficient (Wildman–Crippen LogP) is 2.95. The van der Waals surface area contributed by atoms with Gasteiger partial charge in [0.2, 0.25) is 0 Å². The Labute approximate surface area is 91.1 Å². The first-order valence-electron chi connectivity index (χ1n) is 4.58. The summed E-state index contributed by atoms with van der Waals surface area (Å²) in [5, 5.41) is 8.80. The largest absolute Gasteiger partial charge is 0.481 e. The van der Waals surface area contributed by atoms with Crippen LogP contribution in [0.3, 0.4) is 0 Å². The lowest BCUT2D eigenvalue weighted by atomic mass is 10.1. The van der Waals surface area contributed by atoms with Crippen molar-refractivity contribution < 1.29 is 9.90 Å². The first kappa shape index (κ1) is 9.71. The Bertz CT molecular complexity index is 387. The molecule has 2 rings (SSSR count). The van der Waals surface area contributed by atoms with Crippen LogP contribution in [0.2, 0.25) is 0 Å². The van der Waals surface area contributed by atoms with Crippen LogP contribution in [0, 0.1) is 12.8 Å². The first-order chi connectivity index (χ1) is 6.59. The van der Waals surface area contributed by atoms with Crippen molar-refractivity contribution in [3.05, 3.63) is 33.8 Å². The molecule has 0 aromatic heterocycles. The van der Waals surface area contributed by atoms with E-state index in [9.17, 15) is 4.79 Å². The summed E-state index contributed by atoms with van der Waals surface area (Å²) in [6.45, 7) is 2.02. The zero-order chi connectivity index (χ0) is 10.3. The molecule has 1 N–H and O–H groups in total. The van der Waals surface area contributed by atoms with Gasteiger partial charge < -0.3 is 5.11 Å². The predicted molar refractivity (Wildman–Crippen MR) is 57.4 cm³/mol. The van der Waals surface area contributed by atoms with Gasteiger partial charge in [0.1, 0.15) is 0 Å². The Morgan fingerprint density at radius 2 is 2.29 bits per heavy atom. The van der Waals surface area contributed by atoms with E-state index in [0.717, 1.165) is 16.5 Å². The van der Waals surface area contributed by atoms with Gasteiger partial charge in [0.05, 0.1) is 5.92 Å². The van der Waals surface area contributed by atoms with Gasteiger partial charge in [-0.1, -0.05) is 28.1 Å². The molecular weight excluding hydrogens is 244 g/mol. The number of carbonyl (C=O) groups is 1. The molecule has 1 aliphatic rings. The minimum absolute atomic E-state index is 0.162. The summed E-state index contributed by atoms with van der Waals surface area (Å²) in [5.41, 5.74) is 2.32. The Morgan fingerprint density at radius 3 is 2.79 bits per heavy atom. The van der Waals surface area contributed by atoms with E-state index in [-0.39, 0.29) is 11.8 Å². The molecule has 14 heavy (non-hydrogen) atoms. The molecule has 1 saturated carbocycles. The van der Waals surface area contributed by atoms with Gasteiger partial charge in [-0.05, 0) is 36.5 Å². The fourth-order valence-corrected chi connectivity index (χ4v) is 2.07. The normalized spacial score (nSPS) is 24.7. The maximum atomic E-state index is 10.7. The van der Waals surface area contributed by atoms with Crippen LogP contribution in [0.5, 0.6) is 0 Å². The summed E-state index contributed by atoms with van der Waals surface area (Å²) in [7, 11) is 0. The Hall–Kier alpha value is -0.830. The van der Waals surface area contributed by atoms with Crippen LogP contribution in [-0.2, 0) is 4.79 Å². The number of hydrogen-bond donors (Lipinski definition) is 1. The Kier molecular flexibility index (Phi) is 2.35. The zero-order valence-electron chi connectivity index (χ0n) is 7.83. The summed E-state index contributed by atoms with van der Waals surface area (Å²) < 4.78 is 1.06. The molecule has 0 aliphatic heterocycles. The second kappa shape index (κ2) is 3.39. The van der Waals surface area contributed by atoms with E-state index in [4.69, 9.17) is 5.11 Å². The fourth-order valence-electron chi connectivity index (χ4n) is 1.68. The number of benzene rings is 1. The van der Waals surface area contributed by atoms with E-state index >= 15 is 0 Å². The molecule has 0 saturated heterocycles. The molecule has 0 spiro atoms. The third kappa shape index (κ3) is 1.69. The van der Waals surface area contributed by atoms with E-state index in [0.29, 0.717) is 0 Å². The molecule has 0 radical (unpaired) electrons. The second-order valence-corrected chi connectivity index (χ2v) is 4.65. The van der Waals surface area contributed by atoms with E-state index in [2.05, 4.69) is 15.9 Å².